The van der Waals surface area contributed by atoms with Gasteiger partial charge in [-0.15, -0.1) is 0 Å². The molecule has 21 heavy (non-hydrogen) atoms. The molecule has 4 heterocycles. The van der Waals surface area contributed by atoms with Crippen LogP contribution in [-0.2, 0) is 16.0 Å². The van der Waals surface area contributed by atoms with E-state index in [4.69, 9.17) is 13.9 Å². The number of morpholine rings is 1. The smallest absolute Gasteiger partial charge is 0.117 e. The van der Waals surface area contributed by atoms with Crippen molar-refractivity contribution in [3.63, 3.8) is 0 Å². The minimum Gasteiger partial charge on any atom is -0.468 e. The van der Waals surface area contributed by atoms with E-state index in [0.29, 0.717) is 18.2 Å². The highest BCUT2D eigenvalue weighted by Gasteiger charge is 2.46. The molecule has 0 aliphatic carbocycles. The summed E-state index contributed by atoms with van der Waals surface area (Å²) in [5, 5.41) is 0. The maximum atomic E-state index is 6.16. The van der Waals surface area contributed by atoms with E-state index >= 15 is 0 Å². The molecule has 0 spiro atoms. The zero-order chi connectivity index (χ0) is 14.1. The summed E-state index contributed by atoms with van der Waals surface area (Å²) in [5.41, 5.74) is 0. The van der Waals surface area contributed by atoms with Crippen LogP contribution in [0.5, 0.6) is 0 Å². The lowest BCUT2D eigenvalue weighted by Crippen LogP contribution is -2.51. The molecule has 0 radical (unpaired) electrons. The van der Waals surface area contributed by atoms with Crippen LogP contribution in [0.4, 0.5) is 0 Å². The molecule has 3 atom stereocenters. The van der Waals surface area contributed by atoms with Crippen LogP contribution in [0.1, 0.15) is 18.6 Å². The average Bonchev–Trinajstić information content (AvgIpc) is 3.17. The Hall–Kier alpha value is -0.880. The minimum atomic E-state index is 0.354. The topological polar surface area (TPSA) is 38.1 Å². The molecule has 3 fully saturated rings. The van der Waals surface area contributed by atoms with Crippen molar-refractivity contribution in [3.8, 4) is 0 Å². The second-order valence-electron chi connectivity index (χ2n) is 6.27. The highest BCUT2D eigenvalue weighted by molar-refractivity contribution is 5.05. The minimum absolute atomic E-state index is 0.354. The number of hydrogen-bond acceptors (Lipinski definition) is 5. The van der Waals surface area contributed by atoms with Crippen LogP contribution in [0.15, 0.2) is 22.8 Å². The third kappa shape index (κ3) is 2.75. The summed E-state index contributed by atoms with van der Waals surface area (Å²) >= 11 is 0. The normalized spacial score (nSPS) is 35.0. The molecule has 4 rings (SSSR count). The van der Waals surface area contributed by atoms with Crippen molar-refractivity contribution in [2.24, 2.45) is 0 Å². The molecule has 5 heteroatoms. The number of nitrogens with zero attached hydrogens (tertiary/aromatic N) is 2. The van der Waals surface area contributed by atoms with Crippen molar-refractivity contribution < 1.29 is 13.9 Å². The molecule has 0 saturated carbocycles. The van der Waals surface area contributed by atoms with E-state index in [1.54, 1.807) is 6.26 Å². The van der Waals surface area contributed by atoms with Gasteiger partial charge in [-0.25, -0.2) is 0 Å². The Morgan fingerprint density at radius 1 is 1.14 bits per heavy atom. The third-order valence-corrected chi connectivity index (χ3v) is 5.06. The van der Waals surface area contributed by atoms with Gasteiger partial charge >= 0.3 is 0 Å². The summed E-state index contributed by atoms with van der Waals surface area (Å²) < 4.78 is 17.2. The first-order valence-corrected chi connectivity index (χ1v) is 8.11. The van der Waals surface area contributed by atoms with E-state index < -0.39 is 0 Å². The molecule has 3 aliphatic heterocycles. The van der Waals surface area contributed by atoms with Crippen LogP contribution in [0, 0.1) is 0 Å². The molecule has 1 aromatic heterocycles. The summed E-state index contributed by atoms with van der Waals surface area (Å²) in [6, 6.07) is 5.09. The number of rotatable bonds is 3. The molecule has 5 nitrogen and oxygen atoms in total. The lowest BCUT2D eigenvalue weighted by atomic mass is 10.00. The maximum Gasteiger partial charge on any atom is 0.117 e. The molecule has 3 saturated heterocycles. The highest BCUT2D eigenvalue weighted by Crippen LogP contribution is 2.33. The van der Waals surface area contributed by atoms with Crippen molar-refractivity contribution in [1.82, 2.24) is 9.80 Å². The van der Waals surface area contributed by atoms with Crippen molar-refractivity contribution in [1.29, 1.82) is 0 Å². The van der Waals surface area contributed by atoms with Gasteiger partial charge in [-0.2, -0.15) is 0 Å². The number of hydrogen-bond donors (Lipinski definition) is 0. The fourth-order valence-electron chi connectivity index (χ4n) is 4.04. The molecule has 0 bridgehead atoms. The van der Waals surface area contributed by atoms with Crippen LogP contribution < -0.4 is 0 Å². The van der Waals surface area contributed by atoms with Gasteiger partial charge in [0.25, 0.3) is 0 Å². The Bertz CT molecular complexity index is 444. The molecule has 0 aromatic carbocycles. The number of furan rings is 1. The monoisotopic (exact) mass is 292 g/mol. The van der Waals surface area contributed by atoms with Crippen LogP contribution in [-0.4, -0.2) is 67.4 Å². The van der Waals surface area contributed by atoms with Crippen LogP contribution in [0.3, 0.4) is 0 Å². The first-order valence-electron chi connectivity index (χ1n) is 8.11. The largest absolute Gasteiger partial charge is 0.468 e. The van der Waals surface area contributed by atoms with Crippen LogP contribution >= 0.6 is 0 Å². The molecular formula is C16H24N2O3. The van der Waals surface area contributed by atoms with Gasteiger partial charge in [0.15, 0.2) is 0 Å². The quantitative estimate of drug-likeness (QED) is 0.840. The first kappa shape index (κ1) is 13.8. The van der Waals surface area contributed by atoms with E-state index in [2.05, 4.69) is 15.9 Å². The van der Waals surface area contributed by atoms with Gasteiger partial charge in [0.05, 0.1) is 38.2 Å². The van der Waals surface area contributed by atoms with Crippen molar-refractivity contribution in [3.05, 3.63) is 24.2 Å². The molecule has 1 aromatic rings. The highest BCUT2D eigenvalue weighted by atomic mass is 16.5. The Labute approximate surface area is 125 Å². The lowest BCUT2D eigenvalue weighted by molar-refractivity contribution is -0.0595. The molecule has 0 unspecified atom stereocenters. The van der Waals surface area contributed by atoms with Crippen molar-refractivity contribution in [2.45, 2.75) is 37.6 Å². The standard InChI is InChI=1S/C16H24N2O3/c1-3-13(20-7-1)11-18-12-15(17-5-9-19-10-6-17)16-14(18)4-2-8-21-16/h1,3,7,14-16H,2,4-6,8-12H2/t14-,15-,16-/m0/s1. The van der Waals surface area contributed by atoms with Crippen LogP contribution in [0.2, 0.25) is 0 Å². The summed E-state index contributed by atoms with van der Waals surface area (Å²) in [6.45, 7) is 6.67. The fraction of sp³-hybridized carbons (Fsp3) is 0.750. The van der Waals surface area contributed by atoms with Gasteiger partial charge in [0, 0.05) is 32.3 Å². The van der Waals surface area contributed by atoms with E-state index in [0.717, 1.165) is 51.8 Å². The van der Waals surface area contributed by atoms with Crippen LogP contribution in [0.25, 0.3) is 0 Å². The number of ether oxygens (including phenoxy) is 2. The third-order valence-electron chi connectivity index (χ3n) is 5.06. The predicted molar refractivity (Wildman–Crippen MR) is 78.1 cm³/mol. The van der Waals surface area contributed by atoms with E-state index in [1.807, 2.05) is 6.07 Å². The maximum absolute atomic E-state index is 6.16. The number of fused-ring (bicyclic) bond motifs is 1. The Kier molecular flexibility index (Phi) is 3.99. The Balaban J connectivity index is 1.49. The Morgan fingerprint density at radius 2 is 2.05 bits per heavy atom. The Morgan fingerprint density at radius 3 is 2.86 bits per heavy atom. The summed E-state index contributed by atoms with van der Waals surface area (Å²) in [6.07, 6.45) is 4.53. The van der Waals surface area contributed by atoms with Gasteiger partial charge in [-0.05, 0) is 25.0 Å². The summed E-state index contributed by atoms with van der Waals surface area (Å²) in [5.74, 6) is 1.06. The fourth-order valence-corrected chi connectivity index (χ4v) is 4.04. The number of likely N-dealkylation sites (tertiary alicyclic amines) is 1. The molecule has 116 valence electrons. The van der Waals surface area contributed by atoms with E-state index in [9.17, 15) is 0 Å². The molecule has 0 N–H and O–H groups in total. The first-order chi connectivity index (χ1) is 10.4. The second kappa shape index (κ2) is 6.08. The average molecular weight is 292 g/mol. The zero-order valence-electron chi connectivity index (χ0n) is 12.4. The SMILES string of the molecule is c1coc(CN2C[C@H](N3CCOCC3)[C@H]3OCCC[C@@H]32)c1. The van der Waals surface area contributed by atoms with E-state index in [-0.39, 0.29) is 0 Å². The van der Waals surface area contributed by atoms with Gasteiger partial charge < -0.3 is 13.9 Å². The molecular weight excluding hydrogens is 268 g/mol. The second-order valence-corrected chi connectivity index (χ2v) is 6.27. The van der Waals surface area contributed by atoms with Gasteiger partial charge in [-0.3, -0.25) is 9.80 Å². The van der Waals surface area contributed by atoms with Crippen molar-refractivity contribution in [2.75, 3.05) is 39.5 Å². The summed E-state index contributed by atoms with van der Waals surface area (Å²) in [4.78, 5) is 5.12. The predicted octanol–water partition coefficient (Wildman–Crippen LogP) is 1.34. The zero-order valence-corrected chi connectivity index (χ0v) is 12.4. The summed E-state index contributed by atoms with van der Waals surface area (Å²) in [7, 11) is 0. The van der Waals surface area contributed by atoms with Gasteiger partial charge in [-0.1, -0.05) is 0 Å². The van der Waals surface area contributed by atoms with Crippen molar-refractivity contribution >= 4 is 0 Å². The molecule has 0 amide bonds. The van der Waals surface area contributed by atoms with Gasteiger partial charge in [0.1, 0.15) is 5.76 Å². The lowest BCUT2D eigenvalue weighted by Gasteiger charge is -2.37. The van der Waals surface area contributed by atoms with Gasteiger partial charge in [0.2, 0.25) is 0 Å². The molecule has 3 aliphatic rings. The van der Waals surface area contributed by atoms with E-state index in [1.165, 1.54) is 12.8 Å².